The van der Waals surface area contributed by atoms with E-state index >= 15 is 0 Å². The van der Waals surface area contributed by atoms with E-state index in [-0.39, 0.29) is 25.5 Å². The van der Waals surface area contributed by atoms with Crippen LogP contribution in [0.15, 0.2) is 0 Å². The highest BCUT2D eigenvalue weighted by Crippen LogP contribution is 2.22. The van der Waals surface area contributed by atoms with Crippen LogP contribution in [-0.2, 0) is 19.1 Å². The highest BCUT2D eigenvalue weighted by Gasteiger charge is 2.41. The van der Waals surface area contributed by atoms with Crippen molar-refractivity contribution >= 4 is 17.8 Å². The van der Waals surface area contributed by atoms with E-state index in [0.29, 0.717) is 0 Å². The van der Waals surface area contributed by atoms with E-state index in [1.807, 2.05) is 0 Å². The molecule has 0 aliphatic carbocycles. The molecule has 18 heavy (non-hydrogen) atoms. The van der Waals surface area contributed by atoms with Crippen LogP contribution in [0, 0.1) is 5.92 Å². The quantitative estimate of drug-likeness (QED) is 0.553. The second-order valence-corrected chi connectivity index (χ2v) is 4.20. The van der Waals surface area contributed by atoms with E-state index in [9.17, 15) is 14.4 Å². The van der Waals surface area contributed by atoms with Crippen molar-refractivity contribution in [3.05, 3.63) is 0 Å². The first-order chi connectivity index (χ1) is 8.45. The first-order valence-corrected chi connectivity index (χ1v) is 5.85. The van der Waals surface area contributed by atoms with Crippen molar-refractivity contribution < 1.29 is 24.2 Å². The van der Waals surface area contributed by atoms with Crippen LogP contribution in [0.2, 0.25) is 0 Å². The summed E-state index contributed by atoms with van der Waals surface area (Å²) in [6, 6.07) is -1.19. The summed E-state index contributed by atoms with van der Waals surface area (Å²) in [4.78, 5) is 33.5. The van der Waals surface area contributed by atoms with E-state index in [2.05, 4.69) is 10.6 Å². The van der Waals surface area contributed by atoms with Gasteiger partial charge in [0.05, 0.1) is 12.5 Å². The van der Waals surface area contributed by atoms with Crippen LogP contribution in [0.5, 0.6) is 0 Å². The zero-order valence-electron chi connectivity index (χ0n) is 10.4. The maximum atomic E-state index is 11.7. The number of amides is 1. The summed E-state index contributed by atoms with van der Waals surface area (Å²) in [5.74, 6) is -2.20. The Bertz CT molecular complexity index is 344. The van der Waals surface area contributed by atoms with Gasteiger partial charge < -0.3 is 15.2 Å². The lowest BCUT2D eigenvalue weighted by atomic mass is 9.99. The van der Waals surface area contributed by atoms with Gasteiger partial charge in [-0.2, -0.15) is 0 Å². The van der Waals surface area contributed by atoms with Crippen molar-refractivity contribution in [3.63, 3.8) is 0 Å². The zero-order chi connectivity index (χ0) is 13.7. The Kier molecular flexibility index (Phi) is 5.08. The van der Waals surface area contributed by atoms with Crippen LogP contribution in [-0.4, -0.2) is 48.2 Å². The van der Waals surface area contributed by atoms with Crippen molar-refractivity contribution in [1.29, 1.82) is 0 Å². The number of carboxylic acids is 1. The van der Waals surface area contributed by atoms with Gasteiger partial charge in [-0.3, -0.25) is 19.7 Å². The minimum Gasteiger partial charge on any atom is -0.480 e. The van der Waals surface area contributed by atoms with Crippen molar-refractivity contribution in [1.82, 2.24) is 10.6 Å². The topological polar surface area (TPSA) is 105 Å². The van der Waals surface area contributed by atoms with E-state index in [0.717, 1.165) is 0 Å². The van der Waals surface area contributed by atoms with Gasteiger partial charge in [-0.25, -0.2) is 0 Å². The highest BCUT2D eigenvalue weighted by molar-refractivity contribution is 5.79. The maximum Gasteiger partial charge on any atom is 0.320 e. The smallest absolute Gasteiger partial charge is 0.320 e. The molecule has 0 aromatic rings. The van der Waals surface area contributed by atoms with Gasteiger partial charge in [-0.05, 0) is 13.3 Å². The Morgan fingerprint density at radius 2 is 2.11 bits per heavy atom. The average Bonchev–Trinajstić information content (AvgIpc) is 2.70. The van der Waals surface area contributed by atoms with Crippen molar-refractivity contribution in [2.24, 2.45) is 5.92 Å². The van der Waals surface area contributed by atoms with Crippen molar-refractivity contribution in [3.8, 4) is 0 Å². The molecule has 7 nitrogen and oxygen atoms in total. The van der Waals surface area contributed by atoms with E-state index in [1.165, 1.54) is 6.92 Å². The molecule has 1 heterocycles. The molecule has 0 radical (unpaired) electrons. The first-order valence-electron chi connectivity index (χ1n) is 5.85. The van der Waals surface area contributed by atoms with E-state index < -0.39 is 29.9 Å². The molecule has 0 saturated carbocycles. The SMILES string of the molecule is CCOC(=O)[C@@H]1C[C@H](C(=O)O)N[C@H]1CNC(C)=O. The number of nitrogens with one attached hydrogen (secondary N) is 2. The fourth-order valence-electron chi connectivity index (χ4n) is 2.00. The Balaban J connectivity index is 2.66. The third-order valence-corrected chi connectivity index (χ3v) is 2.85. The van der Waals surface area contributed by atoms with Gasteiger partial charge in [0.25, 0.3) is 0 Å². The fraction of sp³-hybridized carbons (Fsp3) is 0.727. The summed E-state index contributed by atoms with van der Waals surface area (Å²) in [7, 11) is 0. The molecule has 7 heteroatoms. The molecule has 1 saturated heterocycles. The third-order valence-electron chi connectivity index (χ3n) is 2.85. The monoisotopic (exact) mass is 258 g/mol. The van der Waals surface area contributed by atoms with Crippen LogP contribution >= 0.6 is 0 Å². The van der Waals surface area contributed by atoms with Gasteiger partial charge in [0.2, 0.25) is 5.91 Å². The second kappa shape index (κ2) is 6.34. The summed E-state index contributed by atoms with van der Waals surface area (Å²) < 4.78 is 4.91. The molecule has 3 atom stereocenters. The fourth-order valence-corrected chi connectivity index (χ4v) is 2.00. The molecule has 1 amide bonds. The molecule has 1 rings (SSSR count). The lowest BCUT2D eigenvalue weighted by molar-refractivity contribution is -0.148. The number of rotatable bonds is 5. The van der Waals surface area contributed by atoms with Gasteiger partial charge in [0, 0.05) is 19.5 Å². The number of carboxylic acid groups (broad SMARTS) is 1. The van der Waals surface area contributed by atoms with Crippen LogP contribution in [0.1, 0.15) is 20.3 Å². The summed E-state index contributed by atoms with van der Waals surface area (Å²) in [5.41, 5.74) is 0. The van der Waals surface area contributed by atoms with Crippen molar-refractivity contribution in [2.45, 2.75) is 32.4 Å². The minimum absolute atomic E-state index is 0.179. The minimum atomic E-state index is -1.00. The second-order valence-electron chi connectivity index (χ2n) is 4.20. The zero-order valence-corrected chi connectivity index (χ0v) is 10.4. The average molecular weight is 258 g/mol. The van der Waals surface area contributed by atoms with Crippen LogP contribution < -0.4 is 10.6 Å². The van der Waals surface area contributed by atoms with Gasteiger partial charge in [0.15, 0.2) is 0 Å². The third kappa shape index (κ3) is 3.69. The van der Waals surface area contributed by atoms with E-state index in [1.54, 1.807) is 6.92 Å². The largest absolute Gasteiger partial charge is 0.480 e. The number of hydrogen-bond acceptors (Lipinski definition) is 5. The number of ether oxygens (including phenoxy) is 1. The number of hydrogen-bond donors (Lipinski definition) is 3. The number of esters is 1. The van der Waals surface area contributed by atoms with Crippen LogP contribution in [0.3, 0.4) is 0 Å². The lowest BCUT2D eigenvalue weighted by Crippen LogP contribution is -2.44. The Hall–Kier alpha value is -1.63. The van der Waals surface area contributed by atoms with Crippen LogP contribution in [0.25, 0.3) is 0 Å². The molecule has 1 fully saturated rings. The molecular formula is C11H18N2O5. The summed E-state index contributed by atoms with van der Waals surface area (Å²) in [6.45, 7) is 3.52. The Labute approximate surface area is 105 Å². The van der Waals surface area contributed by atoms with E-state index in [4.69, 9.17) is 9.84 Å². The highest BCUT2D eigenvalue weighted by atomic mass is 16.5. The summed E-state index contributed by atoms with van der Waals surface area (Å²) in [5, 5.41) is 14.3. The van der Waals surface area contributed by atoms with Gasteiger partial charge in [-0.1, -0.05) is 0 Å². The molecule has 0 spiro atoms. The predicted octanol–water partition coefficient (Wildman–Crippen LogP) is -0.883. The normalized spacial score (nSPS) is 26.7. The molecule has 1 aliphatic heterocycles. The van der Waals surface area contributed by atoms with Crippen LogP contribution in [0.4, 0.5) is 0 Å². The maximum absolute atomic E-state index is 11.7. The molecule has 0 aromatic carbocycles. The van der Waals surface area contributed by atoms with Gasteiger partial charge in [0.1, 0.15) is 6.04 Å². The Morgan fingerprint density at radius 3 is 2.61 bits per heavy atom. The van der Waals surface area contributed by atoms with Gasteiger partial charge >= 0.3 is 11.9 Å². The molecule has 0 aromatic heterocycles. The molecule has 0 bridgehead atoms. The van der Waals surface area contributed by atoms with Gasteiger partial charge in [-0.15, -0.1) is 0 Å². The Morgan fingerprint density at radius 1 is 1.44 bits per heavy atom. The first kappa shape index (κ1) is 14.4. The molecule has 3 N–H and O–H groups in total. The predicted molar refractivity (Wildman–Crippen MR) is 61.8 cm³/mol. The number of aliphatic carboxylic acids is 1. The van der Waals surface area contributed by atoms with Crippen molar-refractivity contribution in [2.75, 3.05) is 13.2 Å². The molecule has 1 aliphatic rings. The molecule has 102 valence electrons. The molecule has 0 unspecified atom stereocenters. The number of carbonyl (C=O) groups is 3. The number of carbonyl (C=O) groups excluding carboxylic acids is 2. The molecular weight excluding hydrogens is 240 g/mol. The summed E-state index contributed by atoms with van der Waals surface area (Å²) >= 11 is 0. The summed E-state index contributed by atoms with van der Waals surface area (Å²) in [6.07, 6.45) is 0.179. The lowest BCUT2D eigenvalue weighted by Gasteiger charge is -2.18. The standard InChI is InChI=1S/C11H18N2O5/c1-3-18-11(17)7-4-8(10(15)16)13-9(7)5-12-6(2)14/h7-9,13H,3-5H2,1-2H3,(H,12,14)(H,15,16)/t7-,8-,9+/m1/s1.